The van der Waals surface area contributed by atoms with Crippen molar-refractivity contribution in [3.8, 4) is 5.75 Å². The minimum Gasteiger partial charge on any atom is -0.489 e. The topological polar surface area (TPSA) is 46.5 Å². The van der Waals surface area contributed by atoms with E-state index in [1.165, 1.54) is 0 Å². The van der Waals surface area contributed by atoms with Crippen molar-refractivity contribution in [1.82, 2.24) is 0 Å². The number of aryl methyl sites for hydroxylation is 1. The van der Waals surface area contributed by atoms with Gasteiger partial charge in [-0.1, -0.05) is 17.7 Å². The van der Waals surface area contributed by atoms with Crippen molar-refractivity contribution in [2.45, 2.75) is 13.5 Å². The second-order valence-electron chi connectivity index (χ2n) is 4.19. The number of ether oxygens (including phenoxy) is 1. The summed E-state index contributed by atoms with van der Waals surface area (Å²) >= 11 is 5.79. The Morgan fingerprint density at radius 3 is 2.47 bits per heavy atom. The Labute approximate surface area is 116 Å². The summed E-state index contributed by atoms with van der Waals surface area (Å²) in [5.74, 6) is -0.195. The number of carboxylic acid groups (broad SMARTS) is 1. The third kappa shape index (κ3) is 3.48. The van der Waals surface area contributed by atoms with E-state index in [1.807, 2.05) is 6.92 Å². The predicted octanol–water partition coefficient (Wildman–Crippen LogP) is 3.93. The van der Waals surface area contributed by atoms with Gasteiger partial charge in [-0.05, 0) is 54.4 Å². The van der Waals surface area contributed by atoms with Crippen LogP contribution in [0.25, 0.3) is 0 Å². The molecule has 98 valence electrons. The number of halogens is 1. The van der Waals surface area contributed by atoms with Crippen LogP contribution in [0.3, 0.4) is 0 Å². The maximum atomic E-state index is 10.8. The number of rotatable bonds is 4. The molecule has 0 saturated carbocycles. The summed E-state index contributed by atoms with van der Waals surface area (Å²) in [6.07, 6.45) is 0. The van der Waals surface area contributed by atoms with Crippen LogP contribution in [0.5, 0.6) is 5.75 Å². The average Bonchev–Trinajstić information content (AvgIpc) is 2.39. The highest BCUT2D eigenvalue weighted by molar-refractivity contribution is 6.30. The van der Waals surface area contributed by atoms with E-state index in [0.717, 1.165) is 16.9 Å². The number of carbonyl (C=O) groups is 1. The standard InChI is InChI=1S/C15H13ClO3/c1-10-8-11(15(17)18)2-3-12(10)9-19-14-6-4-13(16)5-7-14/h2-8H,9H2,1H3,(H,17,18). The van der Waals surface area contributed by atoms with Crippen molar-refractivity contribution in [2.75, 3.05) is 0 Å². The van der Waals surface area contributed by atoms with Crippen molar-refractivity contribution in [3.05, 3.63) is 64.2 Å². The van der Waals surface area contributed by atoms with Crippen LogP contribution in [0.1, 0.15) is 21.5 Å². The molecule has 19 heavy (non-hydrogen) atoms. The summed E-state index contributed by atoms with van der Waals surface area (Å²) in [4.78, 5) is 10.8. The van der Waals surface area contributed by atoms with Gasteiger partial charge in [0, 0.05) is 5.02 Å². The SMILES string of the molecule is Cc1cc(C(=O)O)ccc1COc1ccc(Cl)cc1. The van der Waals surface area contributed by atoms with Crippen LogP contribution in [0, 0.1) is 6.92 Å². The lowest BCUT2D eigenvalue weighted by atomic mass is 10.1. The third-order valence-electron chi connectivity index (χ3n) is 2.80. The molecule has 0 bridgehead atoms. The molecule has 0 aliphatic rings. The molecule has 0 fully saturated rings. The van der Waals surface area contributed by atoms with Crippen molar-refractivity contribution in [3.63, 3.8) is 0 Å². The molecule has 2 aromatic rings. The van der Waals surface area contributed by atoms with Crippen molar-refractivity contribution < 1.29 is 14.6 Å². The highest BCUT2D eigenvalue weighted by Crippen LogP contribution is 2.18. The zero-order chi connectivity index (χ0) is 13.8. The number of hydrogen-bond donors (Lipinski definition) is 1. The fraction of sp³-hybridized carbons (Fsp3) is 0.133. The van der Waals surface area contributed by atoms with Gasteiger partial charge in [-0.3, -0.25) is 0 Å². The summed E-state index contributed by atoms with van der Waals surface area (Å²) in [7, 11) is 0. The van der Waals surface area contributed by atoms with Gasteiger partial charge in [-0.15, -0.1) is 0 Å². The van der Waals surface area contributed by atoms with Gasteiger partial charge in [0.25, 0.3) is 0 Å². The minimum atomic E-state index is -0.923. The molecular weight excluding hydrogens is 264 g/mol. The molecule has 2 aromatic carbocycles. The molecule has 0 amide bonds. The van der Waals surface area contributed by atoms with E-state index < -0.39 is 5.97 Å². The zero-order valence-corrected chi connectivity index (χ0v) is 11.1. The lowest BCUT2D eigenvalue weighted by molar-refractivity contribution is 0.0696. The summed E-state index contributed by atoms with van der Waals surface area (Å²) < 4.78 is 5.62. The van der Waals surface area contributed by atoms with E-state index in [1.54, 1.807) is 42.5 Å². The van der Waals surface area contributed by atoms with E-state index in [4.69, 9.17) is 21.4 Å². The molecule has 1 N–H and O–H groups in total. The summed E-state index contributed by atoms with van der Waals surface area (Å²) in [6.45, 7) is 2.26. The van der Waals surface area contributed by atoms with Gasteiger partial charge in [-0.2, -0.15) is 0 Å². The lowest BCUT2D eigenvalue weighted by Crippen LogP contribution is -2.01. The summed E-state index contributed by atoms with van der Waals surface area (Å²) in [5, 5.41) is 9.55. The predicted molar refractivity (Wildman–Crippen MR) is 73.9 cm³/mol. The van der Waals surface area contributed by atoms with Gasteiger partial charge in [0.15, 0.2) is 0 Å². The number of aromatic carboxylic acids is 1. The Hall–Kier alpha value is -2.00. The highest BCUT2D eigenvalue weighted by atomic mass is 35.5. The van der Waals surface area contributed by atoms with Gasteiger partial charge in [0.1, 0.15) is 12.4 Å². The Morgan fingerprint density at radius 2 is 1.89 bits per heavy atom. The summed E-state index contributed by atoms with van der Waals surface area (Å²) in [5.41, 5.74) is 2.14. The van der Waals surface area contributed by atoms with E-state index >= 15 is 0 Å². The molecule has 4 heteroatoms. The monoisotopic (exact) mass is 276 g/mol. The normalized spacial score (nSPS) is 10.2. The first kappa shape index (κ1) is 13.4. The second kappa shape index (κ2) is 5.76. The number of benzene rings is 2. The van der Waals surface area contributed by atoms with Crippen molar-refractivity contribution in [2.24, 2.45) is 0 Å². The largest absolute Gasteiger partial charge is 0.489 e. The molecule has 0 aromatic heterocycles. The van der Waals surface area contributed by atoms with Gasteiger partial charge in [-0.25, -0.2) is 4.79 Å². The number of hydrogen-bond acceptors (Lipinski definition) is 2. The molecule has 0 saturated heterocycles. The zero-order valence-electron chi connectivity index (χ0n) is 10.4. The average molecular weight is 277 g/mol. The maximum absolute atomic E-state index is 10.8. The molecule has 3 nitrogen and oxygen atoms in total. The van der Waals surface area contributed by atoms with Crippen LogP contribution in [-0.2, 0) is 6.61 Å². The van der Waals surface area contributed by atoms with E-state index in [9.17, 15) is 4.79 Å². The maximum Gasteiger partial charge on any atom is 0.335 e. The fourth-order valence-corrected chi connectivity index (χ4v) is 1.81. The van der Waals surface area contributed by atoms with E-state index in [2.05, 4.69) is 0 Å². The van der Waals surface area contributed by atoms with Crippen LogP contribution >= 0.6 is 11.6 Å². The van der Waals surface area contributed by atoms with Crippen LogP contribution in [0.2, 0.25) is 5.02 Å². The lowest BCUT2D eigenvalue weighted by Gasteiger charge is -2.09. The third-order valence-corrected chi connectivity index (χ3v) is 3.05. The first-order valence-electron chi connectivity index (χ1n) is 5.77. The Bertz CT molecular complexity index is 591. The van der Waals surface area contributed by atoms with Crippen LogP contribution in [0.15, 0.2) is 42.5 Å². The molecule has 0 radical (unpaired) electrons. The fourth-order valence-electron chi connectivity index (χ4n) is 1.68. The Morgan fingerprint density at radius 1 is 1.21 bits per heavy atom. The Balaban J connectivity index is 2.07. The van der Waals surface area contributed by atoms with Crippen LogP contribution < -0.4 is 4.74 Å². The quantitative estimate of drug-likeness (QED) is 0.920. The first-order chi connectivity index (χ1) is 9.06. The van der Waals surface area contributed by atoms with Gasteiger partial charge >= 0.3 is 5.97 Å². The van der Waals surface area contributed by atoms with Gasteiger partial charge < -0.3 is 9.84 Å². The van der Waals surface area contributed by atoms with E-state index in [-0.39, 0.29) is 5.56 Å². The molecule has 0 spiro atoms. The van der Waals surface area contributed by atoms with E-state index in [0.29, 0.717) is 11.6 Å². The summed E-state index contributed by atoms with van der Waals surface area (Å²) in [6, 6.07) is 12.1. The van der Waals surface area contributed by atoms with Gasteiger partial charge in [0.05, 0.1) is 5.56 Å². The molecule has 0 heterocycles. The Kier molecular flexibility index (Phi) is 4.07. The highest BCUT2D eigenvalue weighted by Gasteiger charge is 2.06. The molecular formula is C15H13ClO3. The van der Waals surface area contributed by atoms with Crippen LogP contribution in [-0.4, -0.2) is 11.1 Å². The smallest absolute Gasteiger partial charge is 0.335 e. The molecule has 0 unspecified atom stereocenters. The molecule has 0 aliphatic carbocycles. The molecule has 0 atom stereocenters. The van der Waals surface area contributed by atoms with Crippen LogP contribution in [0.4, 0.5) is 0 Å². The second-order valence-corrected chi connectivity index (χ2v) is 4.63. The molecule has 0 aliphatic heterocycles. The van der Waals surface area contributed by atoms with Gasteiger partial charge in [0.2, 0.25) is 0 Å². The van der Waals surface area contributed by atoms with Crippen molar-refractivity contribution >= 4 is 17.6 Å². The number of carboxylic acids is 1. The first-order valence-corrected chi connectivity index (χ1v) is 6.15. The van der Waals surface area contributed by atoms with Crippen molar-refractivity contribution in [1.29, 1.82) is 0 Å². The minimum absolute atomic E-state index is 0.285. The molecule has 2 rings (SSSR count).